The Balaban J connectivity index is 0.00000288. The van der Waals surface area contributed by atoms with Gasteiger partial charge in [0.2, 0.25) is 0 Å². The maximum atomic E-state index is 4.74. The molecule has 0 radical (unpaired) electrons. The van der Waals surface area contributed by atoms with Crippen LogP contribution in [0.4, 0.5) is 0 Å². The molecule has 0 aromatic carbocycles. The SMILES string of the molecule is C=CCCCCCN(C)C(=NCc1nnc2n1CCC2)NCC.I. The molecule has 0 saturated heterocycles. The van der Waals surface area contributed by atoms with E-state index >= 15 is 0 Å². The van der Waals surface area contributed by atoms with E-state index in [0.717, 1.165) is 50.1 Å². The Kier molecular flexibility index (Phi) is 9.97. The molecule has 0 unspecified atom stereocenters. The molecule has 0 fully saturated rings. The summed E-state index contributed by atoms with van der Waals surface area (Å²) >= 11 is 0. The molecule has 0 saturated carbocycles. The van der Waals surface area contributed by atoms with Gasteiger partial charge in [0.15, 0.2) is 11.8 Å². The summed E-state index contributed by atoms with van der Waals surface area (Å²) in [4.78, 5) is 6.95. The number of allylic oxidation sites excluding steroid dienone is 1. The summed E-state index contributed by atoms with van der Waals surface area (Å²) in [6.07, 6.45) is 8.94. The van der Waals surface area contributed by atoms with E-state index in [9.17, 15) is 0 Å². The van der Waals surface area contributed by atoms with Gasteiger partial charge in [-0.15, -0.1) is 40.8 Å². The topological polar surface area (TPSA) is 58.3 Å². The third-order valence-electron chi connectivity index (χ3n) is 4.15. The average Bonchev–Trinajstić information content (AvgIpc) is 3.15. The maximum absolute atomic E-state index is 4.74. The highest BCUT2D eigenvalue weighted by atomic mass is 127. The number of hydrogen-bond acceptors (Lipinski definition) is 3. The number of aryl methyl sites for hydroxylation is 1. The van der Waals surface area contributed by atoms with Gasteiger partial charge in [0.1, 0.15) is 12.4 Å². The van der Waals surface area contributed by atoms with Gasteiger partial charge in [0.05, 0.1) is 0 Å². The number of unbranched alkanes of at least 4 members (excludes halogenated alkanes) is 3. The summed E-state index contributed by atoms with van der Waals surface area (Å²) in [5.74, 6) is 3.04. The fourth-order valence-corrected chi connectivity index (χ4v) is 2.86. The van der Waals surface area contributed by atoms with Crippen molar-refractivity contribution in [3.8, 4) is 0 Å². The summed E-state index contributed by atoms with van der Waals surface area (Å²) in [5, 5.41) is 11.9. The zero-order valence-electron chi connectivity index (χ0n) is 15.0. The van der Waals surface area contributed by atoms with Crippen LogP contribution in [0.5, 0.6) is 0 Å². The minimum absolute atomic E-state index is 0. The monoisotopic (exact) mass is 446 g/mol. The summed E-state index contributed by atoms with van der Waals surface area (Å²) < 4.78 is 2.21. The first-order valence-corrected chi connectivity index (χ1v) is 8.77. The highest BCUT2D eigenvalue weighted by Crippen LogP contribution is 2.14. The summed E-state index contributed by atoms with van der Waals surface area (Å²) in [6.45, 7) is 9.38. The van der Waals surface area contributed by atoms with Crippen LogP contribution in [0, 0.1) is 0 Å². The van der Waals surface area contributed by atoms with E-state index in [2.05, 4.69) is 45.5 Å². The van der Waals surface area contributed by atoms with E-state index in [1.165, 1.54) is 25.7 Å². The number of hydrogen-bond donors (Lipinski definition) is 1. The van der Waals surface area contributed by atoms with Crippen LogP contribution in [0.2, 0.25) is 0 Å². The van der Waals surface area contributed by atoms with Crippen molar-refractivity contribution in [3.05, 3.63) is 24.3 Å². The molecule has 7 heteroatoms. The van der Waals surface area contributed by atoms with Gasteiger partial charge < -0.3 is 14.8 Å². The molecule has 1 aliphatic heterocycles. The lowest BCUT2D eigenvalue weighted by Crippen LogP contribution is -2.39. The predicted octanol–water partition coefficient (Wildman–Crippen LogP) is 2.99. The Labute approximate surface area is 162 Å². The van der Waals surface area contributed by atoms with Gasteiger partial charge in [-0.05, 0) is 32.6 Å². The zero-order chi connectivity index (χ0) is 16.5. The second-order valence-corrected chi connectivity index (χ2v) is 6.02. The summed E-state index contributed by atoms with van der Waals surface area (Å²) in [7, 11) is 2.10. The van der Waals surface area contributed by atoms with E-state index in [-0.39, 0.29) is 24.0 Å². The lowest BCUT2D eigenvalue weighted by molar-refractivity contribution is 0.454. The van der Waals surface area contributed by atoms with E-state index in [1.54, 1.807) is 0 Å². The number of aliphatic imine (C=N–C) groups is 1. The zero-order valence-corrected chi connectivity index (χ0v) is 17.3. The Hall–Kier alpha value is -1.12. The van der Waals surface area contributed by atoms with Gasteiger partial charge >= 0.3 is 0 Å². The molecular weight excluding hydrogens is 415 g/mol. The smallest absolute Gasteiger partial charge is 0.194 e. The lowest BCUT2D eigenvalue weighted by Gasteiger charge is -2.22. The van der Waals surface area contributed by atoms with Crippen LogP contribution in [0.3, 0.4) is 0 Å². The Morgan fingerprint density at radius 2 is 2.21 bits per heavy atom. The first-order valence-electron chi connectivity index (χ1n) is 8.77. The molecule has 2 rings (SSSR count). The second kappa shape index (κ2) is 11.4. The molecule has 0 aliphatic carbocycles. The third-order valence-corrected chi connectivity index (χ3v) is 4.15. The van der Waals surface area contributed by atoms with Gasteiger partial charge in [-0.25, -0.2) is 4.99 Å². The number of guanidine groups is 1. The number of nitrogens with one attached hydrogen (secondary N) is 1. The largest absolute Gasteiger partial charge is 0.357 e. The average molecular weight is 446 g/mol. The Bertz CT molecular complexity index is 525. The van der Waals surface area contributed by atoms with Crippen molar-refractivity contribution in [2.45, 2.75) is 58.5 Å². The van der Waals surface area contributed by atoms with Gasteiger partial charge in [0, 0.05) is 33.1 Å². The molecule has 6 nitrogen and oxygen atoms in total. The fraction of sp³-hybridized carbons (Fsp3) is 0.706. The van der Waals surface area contributed by atoms with Crippen LogP contribution in [0.15, 0.2) is 17.6 Å². The molecule has 1 aromatic rings. The third kappa shape index (κ3) is 6.07. The van der Waals surface area contributed by atoms with Gasteiger partial charge in [-0.3, -0.25) is 0 Å². The van der Waals surface area contributed by atoms with Crippen molar-refractivity contribution < 1.29 is 0 Å². The van der Waals surface area contributed by atoms with E-state index in [0.29, 0.717) is 6.54 Å². The van der Waals surface area contributed by atoms with Crippen LogP contribution in [0.1, 0.15) is 50.7 Å². The first-order chi connectivity index (χ1) is 11.3. The van der Waals surface area contributed by atoms with Crippen LogP contribution in [-0.2, 0) is 19.5 Å². The van der Waals surface area contributed by atoms with Crippen LogP contribution < -0.4 is 5.32 Å². The van der Waals surface area contributed by atoms with Crippen molar-refractivity contribution in [2.75, 3.05) is 20.1 Å². The van der Waals surface area contributed by atoms with Gasteiger partial charge in [-0.2, -0.15) is 0 Å². The van der Waals surface area contributed by atoms with Crippen LogP contribution in [-0.4, -0.2) is 45.8 Å². The minimum Gasteiger partial charge on any atom is -0.357 e. The molecule has 1 N–H and O–H groups in total. The molecule has 0 amide bonds. The number of fused-ring (bicyclic) bond motifs is 1. The fourth-order valence-electron chi connectivity index (χ4n) is 2.86. The normalized spacial score (nSPS) is 13.3. The van der Waals surface area contributed by atoms with Crippen LogP contribution >= 0.6 is 24.0 Å². The molecular formula is C17H31IN6. The first kappa shape index (κ1) is 20.9. The Morgan fingerprint density at radius 1 is 1.38 bits per heavy atom. The molecule has 2 heterocycles. The lowest BCUT2D eigenvalue weighted by atomic mass is 10.2. The summed E-state index contributed by atoms with van der Waals surface area (Å²) in [5.41, 5.74) is 0. The maximum Gasteiger partial charge on any atom is 0.194 e. The van der Waals surface area contributed by atoms with Crippen molar-refractivity contribution in [2.24, 2.45) is 4.99 Å². The number of halogens is 1. The quantitative estimate of drug-likeness (QED) is 0.208. The van der Waals surface area contributed by atoms with Crippen LogP contribution in [0.25, 0.3) is 0 Å². The highest BCUT2D eigenvalue weighted by Gasteiger charge is 2.17. The number of nitrogens with zero attached hydrogens (tertiary/aromatic N) is 5. The second-order valence-electron chi connectivity index (χ2n) is 6.02. The molecule has 1 aliphatic rings. The highest BCUT2D eigenvalue weighted by molar-refractivity contribution is 14.0. The van der Waals surface area contributed by atoms with Gasteiger partial charge in [0.25, 0.3) is 0 Å². The molecule has 0 spiro atoms. The van der Waals surface area contributed by atoms with Crippen molar-refractivity contribution in [3.63, 3.8) is 0 Å². The molecule has 0 bridgehead atoms. The molecule has 24 heavy (non-hydrogen) atoms. The summed E-state index contributed by atoms with van der Waals surface area (Å²) in [6, 6.07) is 0. The van der Waals surface area contributed by atoms with E-state index < -0.39 is 0 Å². The van der Waals surface area contributed by atoms with E-state index in [1.807, 2.05) is 6.08 Å². The Morgan fingerprint density at radius 3 is 2.96 bits per heavy atom. The predicted molar refractivity (Wildman–Crippen MR) is 110 cm³/mol. The molecule has 0 atom stereocenters. The standard InChI is InChI=1S/C17H30N6.HI/c1-4-6-7-8-9-12-22(3)17(18-5-2)19-14-16-21-20-15-11-10-13-23(15)16;/h4H,1,5-14H2,2-3H3,(H,18,19);1H. The molecule has 136 valence electrons. The van der Waals surface area contributed by atoms with Gasteiger partial charge in [-0.1, -0.05) is 12.5 Å². The van der Waals surface area contributed by atoms with Crippen molar-refractivity contribution in [1.82, 2.24) is 25.0 Å². The number of aromatic nitrogens is 3. The molecule has 1 aromatic heterocycles. The van der Waals surface area contributed by atoms with Crippen molar-refractivity contribution in [1.29, 1.82) is 0 Å². The minimum atomic E-state index is 0. The van der Waals surface area contributed by atoms with Crippen molar-refractivity contribution >= 4 is 29.9 Å². The van der Waals surface area contributed by atoms with E-state index in [4.69, 9.17) is 4.99 Å². The number of rotatable bonds is 9.